The van der Waals surface area contributed by atoms with E-state index in [1.54, 1.807) is 9.47 Å². The Bertz CT molecular complexity index is 633. The Morgan fingerprint density at radius 2 is 2.10 bits per heavy atom. The lowest BCUT2D eigenvalue weighted by atomic mass is 10.2. The predicted octanol–water partition coefficient (Wildman–Crippen LogP) is 2.81. The molecule has 1 unspecified atom stereocenters. The highest BCUT2D eigenvalue weighted by molar-refractivity contribution is 9.10. The maximum Gasteiger partial charge on any atom is 0.245 e. The van der Waals surface area contributed by atoms with E-state index >= 15 is 0 Å². The summed E-state index contributed by atoms with van der Waals surface area (Å²) in [4.78, 5) is 18.6. The maximum atomic E-state index is 12.5. The average Bonchev–Trinajstić information content (AvgIpc) is 2.74. The van der Waals surface area contributed by atoms with Crippen molar-refractivity contribution in [2.75, 3.05) is 18.8 Å². The fraction of sp³-hybridized carbons (Fsp3) is 0.429. The van der Waals surface area contributed by atoms with E-state index in [1.165, 1.54) is 0 Å². The molecule has 2 aromatic rings. The topological polar surface area (TPSA) is 64.2 Å². The van der Waals surface area contributed by atoms with Gasteiger partial charge in [-0.15, -0.1) is 0 Å². The number of imidazole rings is 1. The third-order valence-electron chi connectivity index (χ3n) is 3.50. The Hall–Kier alpha value is -1.56. The maximum absolute atomic E-state index is 12.5. The van der Waals surface area contributed by atoms with Gasteiger partial charge >= 0.3 is 0 Å². The molecule has 1 amide bonds. The van der Waals surface area contributed by atoms with Crippen molar-refractivity contribution in [2.24, 2.45) is 0 Å². The molecule has 2 rings (SSSR count). The first-order chi connectivity index (χ1) is 9.49. The van der Waals surface area contributed by atoms with E-state index in [9.17, 15) is 4.79 Å². The normalized spacial score (nSPS) is 12.6. The Morgan fingerprint density at radius 3 is 2.70 bits per heavy atom. The van der Waals surface area contributed by atoms with Crippen LogP contribution >= 0.6 is 15.9 Å². The van der Waals surface area contributed by atoms with Crippen LogP contribution in [0.25, 0.3) is 11.0 Å². The van der Waals surface area contributed by atoms with E-state index in [1.807, 2.05) is 39.0 Å². The number of hydrogen-bond donors (Lipinski definition) is 1. The number of nitrogens with two attached hydrogens (primary N) is 1. The summed E-state index contributed by atoms with van der Waals surface area (Å²) < 4.78 is 2.74. The monoisotopic (exact) mass is 338 g/mol. The van der Waals surface area contributed by atoms with E-state index < -0.39 is 0 Å². The summed E-state index contributed by atoms with van der Waals surface area (Å²) in [6, 6.07) is 5.39. The lowest BCUT2D eigenvalue weighted by Gasteiger charge is -2.24. The van der Waals surface area contributed by atoms with Crippen molar-refractivity contribution in [3.63, 3.8) is 0 Å². The molecule has 5 nitrogen and oxygen atoms in total. The molecule has 0 radical (unpaired) electrons. The molecule has 0 spiro atoms. The number of halogens is 1. The molecule has 0 aliphatic rings. The van der Waals surface area contributed by atoms with Crippen molar-refractivity contribution in [3.05, 3.63) is 22.7 Å². The SMILES string of the molecule is CCN(CC)C(=O)C(C)n1c(N)nc2cc(Br)ccc21. The van der Waals surface area contributed by atoms with Gasteiger partial charge in [0.2, 0.25) is 11.9 Å². The highest BCUT2D eigenvalue weighted by Crippen LogP contribution is 2.26. The van der Waals surface area contributed by atoms with Crippen LogP contribution in [0.2, 0.25) is 0 Å². The van der Waals surface area contributed by atoms with Gasteiger partial charge in [0.25, 0.3) is 0 Å². The number of hydrogen-bond acceptors (Lipinski definition) is 3. The molecule has 2 N–H and O–H groups in total. The standard InChI is InChI=1S/C14H19BrN4O/c1-4-18(5-2)13(20)9(3)19-12-7-6-10(15)8-11(12)17-14(19)16/h6-9H,4-5H2,1-3H3,(H2,16,17). The molecule has 0 saturated carbocycles. The third-order valence-corrected chi connectivity index (χ3v) is 3.99. The van der Waals surface area contributed by atoms with Crippen molar-refractivity contribution in [2.45, 2.75) is 26.8 Å². The van der Waals surface area contributed by atoms with Crippen molar-refractivity contribution in [3.8, 4) is 0 Å². The number of rotatable bonds is 4. The molecule has 0 aliphatic heterocycles. The van der Waals surface area contributed by atoms with Gasteiger partial charge in [0, 0.05) is 17.6 Å². The molecule has 108 valence electrons. The van der Waals surface area contributed by atoms with Gasteiger partial charge in [-0.3, -0.25) is 9.36 Å². The summed E-state index contributed by atoms with van der Waals surface area (Å²) in [5.41, 5.74) is 7.65. The van der Waals surface area contributed by atoms with E-state index in [2.05, 4.69) is 20.9 Å². The molecule has 1 aromatic heterocycles. The smallest absolute Gasteiger partial charge is 0.245 e. The quantitative estimate of drug-likeness (QED) is 0.932. The number of carbonyl (C=O) groups excluding carboxylic acids is 1. The van der Waals surface area contributed by atoms with Crippen LogP contribution in [0, 0.1) is 0 Å². The highest BCUT2D eigenvalue weighted by atomic mass is 79.9. The number of anilines is 1. The van der Waals surface area contributed by atoms with Crippen LogP contribution in [-0.2, 0) is 4.79 Å². The van der Waals surface area contributed by atoms with Crippen LogP contribution in [0.5, 0.6) is 0 Å². The van der Waals surface area contributed by atoms with Gasteiger partial charge in [0.05, 0.1) is 11.0 Å². The molecule has 20 heavy (non-hydrogen) atoms. The third kappa shape index (κ3) is 2.52. The number of likely N-dealkylation sites (N-methyl/N-ethyl adjacent to an activating group) is 1. The van der Waals surface area contributed by atoms with Gasteiger partial charge in [-0.1, -0.05) is 15.9 Å². The minimum absolute atomic E-state index is 0.0592. The van der Waals surface area contributed by atoms with Gasteiger partial charge in [-0.25, -0.2) is 4.98 Å². The lowest BCUT2D eigenvalue weighted by molar-refractivity contribution is -0.133. The second kappa shape index (κ2) is 5.83. The Morgan fingerprint density at radius 1 is 1.45 bits per heavy atom. The molecule has 6 heteroatoms. The predicted molar refractivity (Wildman–Crippen MR) is 84.5 cm³/mol. The van der Waals surface area contributed by atoms with Crippen LogP contribution in [0.3, 0.4) is 0 Å². The molecule has 1 atom stereocenters. The van der Waals surface area contributed by atoms with Gasteiger partial charge in [-0.2, -0.15) is 0 Å². The number of fused-ring (bicyclic) bond motifs is 1. The molecule has 0 aliphatic carbocycles. The van der Waals surface area contributed by atoms with Crippen LogP contribution in [-0.4, -0.2) is 33.4 Å². The Kier molecular flexibility index (Phi) is 4.32. The summed E-state index contributed by atoms with van der Waals surface area (Å²) in [6.07, 6.45) is 0. The molecular weight excluding hydrogens is 320 g/mol. The number of aromatic nitrogens is 2. The first-order valence-corrected chi connectivity index (χ1v) is 7.50. The largest absolute Gasteiger partial charge is 0.369 e. The zero-order valence-corrected chi connectivity index (χ0v) is 13.5. The van der Waals surface area contributed by atoms with Crippen LogP contribution < -0.4 is 5.73 Å². The molecule has 0 fully saturated rings. The molecule has 0 saturated heterocycles. The fourth-order valence-corrected chi connectivity index (χ4v) is 2.76. The highest BCUT2D eigenvalue weighted by Gasteiger charge is 2.23. The van der Waals surface area contributed by atoms with Gasteiger partial charge in [-0.05, 0) is 39.0 Å². The van der Waals surface area contributed by atoms with Crippen molar-refractivity contribution in [1.29, 1.82) is 0 Å². The van der Waals surface area contributed by atoms with Crippen molar-refractivity contribution in [1.82, 2.24) is 14.5 Å². The minimum Gasteiger partial charge on any atom is -0.369 e. The zero-order chi connectivity index (χ0) is 14.9. The van der Waals surface area contributed by atoms with Crippen LogP contribution in [0.4, 0.5) is 5.95 Å². The average molecular weight is 339 g/mol. The summed E-state index contributed by atoms with van der Waals surface area (Å²) in [5, 5.41) is 0. The van der Waals surface area contributed by atoms with Crippen LogP contribution in [0.15, 0.2) is 22.7 Å². The van der Waals surface area contributed by atoms with E-state index in [0.29, 0.717) is 19.0 Å². The molecule has 1 heterocycles. The summed E-state index contributed by atoms with van der Waals surface area (Å²) in [5.74, 6) is 0.426. The number of carbonyl (C=O) groups is 1. The van der Waals surface area contributed by atoms with Gasteiger partial charge < -0.3 is 10.6 Å². The number of nitrogen functional groups attached to an aromatic ring is 1. The second-order valence-electron chi connectivity index (χ2n) is 4.66. The second-order valence-corrected chi connectivity index (χ2v) is 5.58. The van der Waals surface area contributed by atoms with Gasteiger partial charge in [0.1, 0.15) is 6.04 Å². The number of nitrogens with zero attached hydrogens (tertiary/aromatic N) is 3. The van der Waals surface area contributed by atoms with E-state index in [4.69, 9.17) is 5.73 Å². The summed E-state index contributed by atoms with van der Waals surface area (Å²) in [7, 11) is 0. The Labute approximate surface area is 126 Å². The van der Waals surface area contributed by atoms with Gasteiger partial charge in [0.15, 0.2) is 0 Å². The first kappa shape index (κ1) is 14.8. The molecular formula is C14H19BrN4O. The van der Waals surface area contributed by atoms with Crippen molar-refractivity contribution >= 4 is 38.8 Å². The number of amides is 1. The number of benzene rings is 1. The van der Waals surface area contributed by atoms with Crippen LogP contribution in [0.1, 0.15) is 26.8 Å². The van der Waals surface area contributed by atoms with E-state index in [0.717, 1.165) is 15.5 Å². The lowest BCUT2D eigenvalue weighted by Crippen LogP contribution is -2.36. The Balaban J connectivity index is 2.46. The molecule has 1 aromatic carbocycles. The summed E-state index contributed by atoms with van der Waals surface area (Å²) >= 11 is 3.41. The van der Waals surface area contributed by atoms with Crippen molar-refractivity contribution < 1.29 is 4.79 Å². The van der Waals surface area contributed by atoms with E-state index in [-0.39, 0.29) is 11.9 Å². The zero-order valence-electron chi connectivity index (χ0n) is 11.9. The first-order valence-electron chi connectivity index (χ1n) is 6.71. The molecule has 0 bridgehead atoms. The fourth-order valence-electron chi connectivity index (χ4n) is 2.41. The summed E-state index contributed by atoms with van der Waals surface area (Å²) in [6.45, 7) is 7.19. The minimum atomic E-state index is -0.360.